The second-order valence-electron chi connectivity index (χ2n) is 3.83. The number of ether oxygens (including phenoxy) is 1. The van der Waals surface area contributed by atoms with Gasteiger partial charge in [-0.2, -0.15) is 0 Å². The summed E-state index contributed by atoms with van der Waals surface area (Å²) in [4.78, 5) is 0. The summed E-state index contributed by atoms with van der Waals surface area (Å²) in [5.74, 6) is 0.429. The quantitative estimate of drug-likeness (QED) is 0.855. The minimum Gasteiger partial charge on any atom is -0.487 e. The van der Waals surface area contributed by atoms with Crippen molar-refractivity contribution in [3.63, 3.8) is 0 Å². The molecule has 0 amide bonds. The summed E-state index contributed by atoms with van der Waals surface area (Å²) in [7, 11) is 0. The van der Waals surface area contributed by atoms with E-state index in [1.54, 1.807) is 18.2 Å². The van der Waals surface area contributed by atoms with Crippen molar-refractivity contribution >= 4 is 11.6 Å². The molecule has 1 rings (SSSR count). The number of benzene rings is 1. The zero-order valence-corrected chi connectivity index (χ0v) is 10.4. The number of alkyl halides is 2. The molecule has 0 aliphatic carbocycles. The van der Waals surface area contributed by atoms with Gasteiger partial charge in [0.2, 0.25) is 0 Å². The lowest BCUT2D eigenvalue weighted by Crippen LogP contribution is -2.22. The summed E-state index contributed by atoms with van der Waals surface area (Å²) >= 11 is 5.86. The minimum atomic E-state index is -2.49. The Labute approximate surface area is 105 Å². The summed E-state index contributed by atoms with van der Waals surface area (Å²) in [5, 5.41) is 0.549. The molecule has 0 aliphatic heterocycles. The molecular formula is C12H16ClF2NO. The van der Waals surface area contributed by atoms with Gasteiger partial charge in [-0.3, -0.25) is 0 Å². The van der Waals surface area contributed by atoms with Crippen molar-refractivity contribution in [2.24, 2.45) is 5.73 Å². The maximum Gasteiger partial charge on any atom is 0.272 e. The van der Waals surface area contributed by atoms with E-state index in [9.17, 15) is 8.78 Å². The maximum absolute atomic E-state index is 12.1. The summed E-state index contributed by atoms with van der Waals surface area (Å²) < 4.78 is 29.2. The van der Waals surface area contributed by atoms with E-state index in [0.717, 1.165) is 12.0 Å². The number of nitrogens with two attached hydrogens (primary N) is 1. The Morgan fingerprint density at radius 1 is 1.41 bits per heavy atom. The molecule has 0 heterocycles. The van der Waals surface area contributed by atoms with E-state index in [0.29, 0.717) is 17.2 Å². The Morgan fingerprint density at radius 3 is 2.71 bits per heavy atom. The van der Waals surface area contributed by atoms with Crippen molar-refractivity contribution in [2.75, 3.05) is 6.61 Å². The van der Waals surface area contributed by atoms with Gasteiger partial charge in [-0.1, -0.05) is 18.5 Å². The highest BCUT2D eigenvalue weighted by Gasteiger charge is 2.11. The van der Waals surface area contributed by atoms with E-state index >= 15 is 0 Å². The third kappa shape index (κ3) is 4.88. The lowest BCUT2D eigenvalue weighted by atomic mass is 10.0. The number of rotatable bonds is 6. The van der Waals surface area contributed by atoms with E-state index in [-0.39, 0.29) is 6.04 Å². The van der Waals surface area contributed by atoms with Crippen LogP contribution in [0.15, 0.2) is 18.2 Å². The van der Waals surface area contributed by atoms with E-state index in [1.165, 1.54) is 0 Å². The lowest BCUT2D eigenvalue weighted by molar-refractivity contribution is 0.0814. The predicted molar refractivity (Wildman–Crippen MR) is 64.9 cm³/mol. The van der Waals surface area contributed by atoms with Gasteiger partial charge in [-0.25, -0.2) is 8.78 Å². The van der Waals surface area contributed by atoms with Gasteiger partial charge in [0, 0.05) is 11.1 Å². The van der Waals surface area contributed by atoms with Crippen molar-refractivity contribution in [3.8, 4) is 5.75 Å². The second kappa shape index (κ2) is 6.77. The molecule has 1 aromatic carbocycles. The van der Waals surface area contributed by atoms with Gasteiger partial charge in [0.05, 0.1) is 0 Å². The fourth-order valence-electron chi connectivity index (χ4n) is 1.43. The molecule has 0 spiro atoms. The molecule has 0 radical (unpaired) electrons. The Kier molecular flexibility index (Phi) is 5.65. The highest BCUT2D eigenvalue weighted by Crippen LogP contribution is 2.24. The monoisotopic (exact) mass is 263 g/mol. The molecular weight excluding hydrogens is 248 g/mol. The molecule has 2 nitrogen and oxygen atoms in total. The lowest BCUT2D eigenvalue weighted by Gasteiger charge is -2.14. The van der Waals surface area contributed by atoms with Gasteiger partial charge in [0.25, 0.3) is 6.43 Å². The first-order valence-electron chi connectivity index (χ1n) is 5.47. The van der Waals surface area contributed by atoms with E-state index in [1.807, 2.05) is 6.92 Å². The first-order valence-corrected chi connectivity index (χ1v) is 5.85. The van der Waals surface area contributed by atoms with Crippen molar-refractivity contribution in [1.29, 1.82) is 0 Å². The van der Waals surface area contributed by atoms with Crippen molar-refractivity contribution in [3.05, 3.63) is 28.8 Å². The smallest absolute Gasteiger partial charge is 0.272 e. The largest absolute Gasteiger partial charge is 0.487 e. The van der Waals surface area contributed by atoms with Crippen LogP contribution < -0.4 is 10.5 Å². The van der Waals surface area contributed by atoms with Crippen LogP contribution in [0, 0.1) is 0 Å². The molecule has 1 aromatic rings. The normalized spacial score (nSPS) is 12.8. The van der Waals surface area contributed by atoms with E-state index < -0.39 is 13.0 Å². The topological polar surface area (TPSA) is 35.2 Å². The first-order chi connectivity index (χ1) is 8.02. The molecule has 0 bridgehead atoms. The molecule has 0 fully saturated rings. The Bertz CT molecular complexity index is 360. The molecule has 0 saturated carbocycles. The number of halogens is 3. The highest BCUT2D eigenvalue weighted by molar-refractivity contribution is 6.30. The van der Waals surface area contributed by atoms with Crippen LogP contribution in [0.5, 0.6) is 5.75 Å². The van der Waals surface area contributed by atoms with Crippen LogP contribution in [0.2, 0.25) is 5.02 Å². The summed E-state index contributed by atoms with van der Waals surface area (Å²) in [6, 6.07) is 4.89. The number of hydrogen-bond acceptors (Lipinski definition) is 2. The summed E-state index contributed by atoms with van der Waals surface area (Å²) in [6.45, 7) is 1.35. The van der Waals surface area contributed by atoms with Gasteiger partial charge >= 0.3 is 0 Å². The molecule has 96 valence electrons. The zero-order valence-electron chi connectivity index (χ0n) is 9.63. The van der Waals surface area contributed by atoms with Crippen molar-refractivity contribution in [1.82, 2.24) is 0 Å². The van der Waals surface area contributed by atoms with Gasteiger partial charge < -0.3 is 10.5 Å². The maximum atomic E-state index is 12.1. The van der Waals surface area contributed by atoms with Gasteiger partial charge in [-0.05, 0) is 36.6 Å². The van der Waals surface area contributed by atoms with Gasteiger partial charge in [0.15, 0.2) is 0 Å². The molecule has 5 heteroatoms. The zero-order chi connectivity index (χ0) is 12.8. The Balaban J connectivity index is 2.79. The van der Waals surface area contributed by atoms with Crippen LogP contribution in [0.25, 0.3) is 0 Å². The average molecular weight is 264 g/mol. The van der Waals surface area contributed by atoms with Crippen LogP contribution in [-0.2, 0) is 6.42 Å². The Hall–Kier alpha value is -0.870. The second-order valence-corrected chi connectivity index (χ2v) is 4.26. The van der Waals surface area contributed by atoms with Crippen molar-refractivity contribution < 1.29 is 13.5 Å². The van der Waals surface area contributed by atoms with Crippen LogP contribution in [0.3, 0.4) is 0 Å². The van der Waals surface area contributed by atoms with Crippen LogP contribution in [0.1, 0.15) is 18.9 Å². The standard InChI is InChI=1S/C12H16ClF2NO/c1-2-10(16)6-8-5-9(13)3-4-11(8)17-7-12(14)15/h3-5,10,12H,2,6-7,16H2,1H3. The van der Waals surface area contributed by atoms with Crippen molar-refractivity contribution in [2.45, 2.75) is 32.2 Å². The van der Waals surface area contributed by atoms with Gasteiger partial charge in [0.1, 0.15) is 12.4 Å². The van der Waals surface area contributed by atoms with Crippen LogP contribution in [-0.4, -0.2) is 19.1 Å². The van der Waals surface area contributed by atoms with Crippen LogP contribution in [0.4, 0.5) is 8.78 Å². The van der Waals surface area contributed by atoms with Gasteiger partial charge in [-0.15, -0.1) is 0 Å². The molecule has 17 heavy (non-hydrogen) atoms. The minimum absolute atomic E-state index is 0.0256. The average Bonchev–Trinajstić information content (AvgIpc) is 2.27. The molecule has 0 aromatic heterocycles. The summed E-state index contributed by atoms with van der Waals surface area (Å²) in [5.41, 5.74) is 6.60. The fourth-order valence-corrected chi connectivity index (χ4v) is 1.62. The molecule has 0 aliphatic rings. The molecule has 1 atom stereocenters. The SMILES string of the molecule is CCC(N)Cc1cc(Cl)ccc1OCC(F)F. The summed E-state index contributed by atoms with van der Waals surface area (Å²) in [6.07, 6.45) is -1.12. The molecule has 1 unspecified atom stereocenters. The van der Waals surface area contributed by atoms with E-state index in [4.69, 9.17) is 22.1 Å². The van der Waals surface area contributed by atoms with Crippen LogP contribution >= 0.6 is 11.6 Å². The molecule has 2 N–H and O–H groups in total. The molecule has 0 saturated heterocycles. The number of hydrogen-bond donors (Lipinski definition) is 1. The fraction of sp³-hybridized carbons (Fsp3) is 0.500. The highest BCUT2D eigenvalue weighted by atomic mass is 35.5. The third-order valence-electron chi connectivity index (χ3n) is 2.39. The Morgan fingerprint density at radius 2 is 2.12 bits per heavy atom. The van der Waals surface area contributed by atoms with E-state index in [2.05, 4.69) is 0 Å². The first kappa shape index (κ1) is 14.2. The predicted octanol–water partition coefficient (Wildman–Crippen LogP) is 3.26. The third-order valence-corrected chi connectivity index (χ3v) is 2.63.